The highest BCUT2D eigenvalue weighted by molar-refractivity contribution is 7.45. The highest BCUT2D eigenvalue weighted by atomic mass is 31.2. The van der Waals surface area contributed by atoms with Gasteiger partial charge in [0, 0.05) is 24.2 Å². The Balaban J connectivity index is 0.000000312. The Bertz CT molecular complexity index is 629. The van der Waals surface area contributed by atoms with Crippen LogP contribution in [0.1, 0.15) is 0 Å². The van der Waals surface area contributed by atoms with Crippen molar-refractivity contribution in [1.82, 2.24) is 9.97 Å². The molecule has 0 aliphatic heterocycles. The van der Waals surface area contributed by atoms with Crippen molar-refractivity contribution in [2.45, 2.75) is 0 Å². The minimum atomic E-state index is -4.64. The molecule has 0 unspecified atom stereocenters. The van der Waals surface area contributed by atoms with E-state index in [0.717, 1.165) is 11.1 Å². The summed E-state index contributed by atoms with van der Waals surface area (Å²) in [7, 11) is -4.64. The van der Waals surface area contributed by atoms with E-state index in [2.05, 4.69) is 9.97 Å². The highest BCUT2D eigenvalue weighted by Crippen LogP contribution is 2.25. The van der Waals surface area contributed by atoms with E-state index in [1.54, 1.807) is 24.7 Å². The summed E-state index contributed by atoms with van der Waals surface area (Å²) >= 11 is 0. The third-order valence-corrected chi connectivity index (χ3v) is 1.95. The van der Waals surface area contributed by atoms with E-state index in [1.807, 2.05) is 12.1 Å². The second-order valence-corrected chi connectivity index (χ2v) is 4.45. The van der Waals surface area contributed by atoms with Crippen LogP contribution in [0, 0.1) is 0 Å². The van der Waals surface area contributed by atoms with Crippen molar-refractivity contribution in [1.29, 1.82) is 0 Å². The molecular weight excluding hydrogens is 273 g/mol. The van der Waals surface area contributed by atoms with Crippen LogP contribution in [-0.2, 0) is 4.57 Å². The lowest BCUT2D eigenvalue weighted by molar-refractivity contribution is 0.275. The largest absolute Gasteiger partial charge is 0.466 e. The summed E-state index contributed by atoms with van der Waals surface area (Å²) in [5.41, 5.74) is 7.31. The van der Waals surface area contributed by atoms with Crippen LogP contribution < -0.4 is 11.3 Å². The van der Waals surface area contributed by atoms with Gasteiger partial charge < -0.3 is 25.4 Å². The number of hydrogen-bond donors (Lipinski definition) is 5. The lowest BCUT2D eigenvalue weighted by atomic mass is 10.1. The third kappa shape index (κ3) is 5.94. The van der Waals surface area contributed by atoms with Crippen LogP contribution in [0.2, 0.25) is 0 Å². The minimum absolute atomic E-state index is 0.222. The number of aromatic nitrogens is 2. The molecule has 102 valence electrons. The van der Waals surface area contributed by atoms with Crippen LogP contribution in [0.4, 0.5) is 5.69 Å². The predicted molar refractivity (Wildman–Crippen MR) is 69.0 cm³/mol. The summed E-state index contributed by atoms with van der Waals surface area (Å²) in [4.78, 5) is 39.0. The summed E-state index contributed by atoms with van der Waals surface area (Å²) in [6.45, 7) is 0. The standard InChI is InChI=1S/C10H9N3O.H3O4P/c11-9-5-8(6-13-10(9)14)7-1-3-12-4-2-7;1-5(2,3)4/h1-6H,11H2,(H,13,14);(H3,1,2,3,4). The molecule has 0 spiro atoms. The molecule has 0 saturated heterocycles. The van der Waals surface area contributed by atoms with Gasteiger partial charge in [-0.1, -0.05) is 0 Å². The van der Waals surface area contributed by atoms with Crippen LogP contribution in [0.25, 0.3) is 11.1 Å². The van der Waals surface area contributed by atoms with E-state index in [0.29, 0.717) is 0 Å². The second-order valence-electron chi connectivity index (χ2n) is 3.42. The molecule has 0 atom stereocenters. The number of nitrogens with one attached hydrogen (secondary N) is 1. The predicted octanol–water partition coefficient (Wildman–Crippen LogP) is 0.0905. The van der Waals surface area contributed by atoms with Gasteiger partial charge in [-0.25, -0.2) is 4.57 Å². The fourth-order valence-corrected chi connectivity index (χ4v) is 1.21. The third-order valence-electron chi connectivity index (χ3n) is 1.95. The van der Waals surface area contributed by atoms with Crippen LogP contribution in [-0.4, -0.2) is 24.6 Å². The number of aromatic amines is 1. The van der Waals surface area contributed by atoms with Crippen LogP contribution in [0.5, 0.6) is 0 Å². The van der Waals surface area contributed by atoms with Crippen LogP contribution in [0.15, 0.2) is 41.6 Å². The number of phosphoric acid groups is 1. The minimum Gasteiger partial charge on any atom is -0.394 e. The molecule has 0 aliphatic rings. The molecule has 0 fully saturated rings. The molecular formula is C10H12N3O5P. The average Bonchev–Trinajstić information content (AvgIpc) is 2.32. The molecule has 19 heavy (non-hydrogen) atoms. The molecule has 0 aliphatic carbocycles. The summed E-state index contributed by atoms with van der Waals surface area (Å²) < 4.78 is 8.88. The van der Waals surface area contributed by atoms with E-state index in [-0.39, 0.29) is 11.2 Å². The highest BCUT2D eigenvalue weighted by Gasteiger charge is 2.00. The van der Waals surface area contributed by atoms with Gasteiger partial charge in [-0.3, -0.25) is 9.78 Å². The van der Waals surface area contributed by atoms with Crippen LogP contribution in [0.3, 0.4) is 0 Å². The number of nitrogens with zero attached hydrogens (tertiary/aromatic N) is 1. The number of nitrogens with two attached hydrogens (primary N) is 1. The van der Waals surface area contributed by atoms with Gasteiger partial charge in [0.25, 0.3) is 5.56 Å². The van der Waals surface area contributed by atoms with Gasteiger partial charge >= 0.3 is 7.82 Å². The number of rotatable bonds is 1. The zero-order valence-electron chi connectivity index (χ0n) is 9.59. The molecule has 8 nitrogen and oxygen atoms in total. The number of nitrogen functional groups attached to an aromatic ring is 1. The van der Waals surface area contributed by atoms with Gasteiger partial charge in [0.15, 0.2) is 0 Å². The Morgan fingerprint density at radius 3 is 2.16 bits per heavy atom. The lowest BCUT2D eigenvalue weighted by Crippen LogP contribution is -2.10. The van der Waals surface area contributed by atoms with E-state index >= 15 is 0 Å². The number of hydrogen-bond acceptors (Lipinski definition) is 4. The summed E-state index contributed by atoms with van der Waals surface area (Å²) in [5.74, 6) is 0. The Hall–Kier alpha value is -1.99. The molecule has 2 aromatic rings. The van der Waals surface area contributed by atoms with Crippen molar-refractivity contribution in [3.8, 4) is 11.1 Å². The van der Waals surface area contributed by atoms with Gasteiger partial charge in [0.05, 0.1) is 5.69 Å². The molecule has 0 aromatic carbocycles. The Morgan fingerprint density at radius 1 is 1.16 bits per heavy atom. The number of H-pyrrole nitrogens is 1. The molecule has 2 aromatic heterocycles. The van der Waals surface area contributed by atoms with Crippen molar-refractivity contribution in [3.63, 3.8) is 0 Å². The van der Waals surface area contributed by atoms with Crippen LogP contribution >= 0.6 is 7.82 Å². The van der Waals surface area contributed by atoms with Gasteiger partial charge in [0.1, 0.15) is 0 Å². The molecule has 0 amide bonds. The fraction of sp³-hybridized carbons (Fsp3) is 0. The van der Waals surface area contributed by atoms with E-state index < -0.39 is 7.82 Å². The van der Waals surface area contributed by atoms with E-state index in [4.69, 9.17) is 25.0 Å². The summed E-state index contributed by atoms with van der Waals surface area (Å²) in [6.07, 6.45) is 5.02. The van der Waals surface area contributed by atoms with Crippen molar-refractivity contribution in [3.05, 3.63) is 47.1 Å². The molecule has 0 saturated carbocycles. The zero-order valence-corrected chi connectivity index (χ0v) is 10.5. The number of anilines is 1. The average molecular weight is 285 g/mol. The Labute approximate surface area is 107 Å². The fourth-order valence-electron chi connectivity index (χ4n) is 1.21. The molecule has 0 bridgehead atoms. The first-order valence-corrected chi connectivity index (χ1v) is 6.51. The first-order chi connectivity index (χ1) is 8.77. The Morgan fingerprint density at radius 2 is 1.68 bits per heavy atom. The first-order valence-electron chi connectivity index (χ1n) is 4.94. The normalized spacial score (nSPS) is 10.5. The SMILES string of the molecule is Nc1cc(-c2ccncc2)c[nH]c1=O.O=P(O)(O)O. The summed E-state index contributed by atoms with van der Waals surface area (Å²) in [5, 5.41) is 0. The molecule has 6 N–H and O–H groups in total. The maximum absolute atomic E-state index is 11.0. The summed E-state index contributed by atoms with van der Waals surface area (Å²) in [6, 6.07) is 5.36. The quantitative estimate of drug-likeness (QED) is 0.466. The maximum Gasteiger partial charge on any atom is 0.466 e. The van der Waals surface area contributed by atoms with Crippen molar-refractivity contribution < 1.29 is 19.2 Å². The maximum atomic E-state index is 11.0. The van der Waals surface area contributed by atoms with Crippen molar-refractivity contribution in [2.75, 3.05) is 5.73 Å². The van der Waals surface area contributed by atoms with Crippen molar-refractivity contribution >= 4 is 13.5 Å². The number of pyridine rings is 2. The van der Waals surface area contributed by atoms with Gasteiger partial charge in [-0.2, -0.15) is 0 Å². The molecule has 9 heteroatoms. The monoisotopic (exact) mass is 285 g/mol. The van der Waals surface area contributed by atoms with Gasteiger partial charge in [0.2, 0.25) is 0 Å². The molecule has 0 radical (unpaired) electrons. The van der Waals surface area contributed by atoms with E-state index in [1.165, 1.54) is 0 Å². The topological polar surface area (TPSA) is 150 Å². The first kappa shape index (κ1) is 15.1. The molecule has 2 heterocycles. The Kier molecular flexibility index (Phi) is 4.96. The van der Waals surface area contributed by atoms with Gasteiger partial charge in [-0.15, -0.1) is 0 Å². The smallest absolute Gasteiger partial charge is 0.394 e. The van der Waals surface area contributed by atoms with Crippen molar-refractivity contribution in [2.24, 2.45) is 0 Å². The lowest BCUT2D eigenvalue weighted by Gasteiger charge is -2.00. The van der Waals surface area contributed by atoms with E-state index in [9.17, 15) is 4.79 Å². The van der Waals surface area contributed by atoms with Gasteiger partial charge in [-0.05, 0) is 23.8 Å². The zero-order chi connectivity index (χ0) is 14.5. The second kappa shape index (κ2) is 6.26. The molecule has 2 rings (SSSR count).